The van der Waals surface area contributed by atoms with Crippen LogP contribution in [0.25, 0.3) is 0 Å². The van der Waals surface area contributed by atoms with E-state index in [0.717, 1.165) is 31.3 Å². The molecule has 1 aromatic rings. The van der Waals surface area contributed by atoms with Gasteiger partial charge in [0.25, 0.3) is 0 Å². The molecule has 0 saturated carbocycles. The summed E-state index contributed by atoms with van der Waals surface area (Å²) < 4.78 is 24.6. The van der Waals surface area contributed by atoms with Crippen LogP contribution in [0.5, 0.6) is 0 Å². The number of sulfonamides is 1. The van der Waals surface area contributed by atoms with Crippen molar-refractivity contribution in [2.75, 3.05) is 44.7 Å². The van der Waals surface area contributed by atoms with Crippen LogP contribution in [0.3, 0.4) is 0 Å². The third kappa shape index (κ3) is 7.97. The molecule has 0 spiro atoms. The molecule has 146 valence electrons. The first kappa shape index (κ1) is 21.1. The minimum absolute atomic E-state index is 0.429. The molecule has 0 amide bonds. The van der Waals surface area contributed by atoms with Crippen LogP contribution in [-0.2, 0) is 10.0 Å². The largest absolute Gasteiger partial charge is 0.357 e. The van der Waals surface area contributed by atoms with Gasteiger partial charge in [0.1, 0.15) is 0 Å². The number of hydrogen-bond donors (Lipinski definition) is 2. The predicted octanol–water partition coefficient (Wildman–Crippen LogP) is 2.01. The Morgan fingerprint density at radius 1 is 1.35 bits per heavy atom. The molecule has 1 aromatic carbocycles. The third-order valence-electron chi connectivity index (χ3n) is 4.11. The molecule has 1 unspecified atom stereocenters. The highest BCUT2D eigenvalue weighted by Gasteiger charge is 2.24. The summed E-state index contributed by atoms with van der Waals surface area (Å²) in [7, 11) is -3.11. The van der Waals surface area contributed by atoms with Gasteiger partial charge in [0, 0.05) is 43.4 Å². The molecule has 1 fully saturated rings. The van der Waals surface area contributed by atoms with Crippen molar-refractivity contribution in [2.24, 2.45) is 10.9 Å². The van der Waals surface area contributed by atoms with E-state index in [4.69, 9.17) is 0 Å². The molecule has 2 rings (SSSR count). The summed E-state index contributed by atoms with van der Waals surface area (Å²) in [6, 6.07) is 10.5. The minimum Gasteiger partial charge on any atom is -0.357 e. The highest BCUT2D eigenvalue weighted by atomic mass is 32.2. The van der Waals surface area contributed by atoms with Crippen LogP contribution in [0.1, 0.15) is 19.8 Å². The van der Waals surface area contributed by atoms with Crippen LogP contribution >= 0.6 is 11.8 Å². The maximum Gasteiger partial charge on any atom is 0.208 e. The van der Waals surface area contributed by atoms with Gasteiger partial charge in [-0.15, -0.1) is 11.8 Å². The first-order chi connectivity index (χ1) is 12.5. The van der Waals surface area contributed by atoms with Crippen molar-refractivity contribution in [3.8, 4) is 0 Å². The Morgan fingerprint density at radius 3 is 2.81 bits per heavy atom. The summed E-state index contributed by atoms with van der Waals surface area (Å²) in [4.78, 5) is 8.30. The molecular weight excluding hydrogens is 368 g/mol. The lowest BCUT2D eigenvalue weighted by Gasteiger charge is -2.21. The van der Waals surface area contributed by atoms with Crippen LogP contribution in [0, 0.1) is 5.92 Å². The first-order valence-corrected chi connectivity index (χ1v) is 12.0. The zero-order chi connectivity index (χ0) is 18.8. The average molecular weight is 399 g/mol. The number of rotatable bonds is 9. The lowest BCUT2D eigenvalue weighted by atomic mass is 10.2. The molecule has 0 radical (unpaired) electrons. The number of nitrogens with one attached hydrogen (secondary N) is 2. The molecule has 1 saturated heterocycles. The molecule has 2 N–H and O–H groups in total. The Labute approximate surface area is 161 Å². The van der Waals surface area contributed by atoms with Gasteiger partial charge in [0.15, 0.2) is 5.96 Å². The number of benzene rings is 1. The van der Waals surface area contributed by atoms with Gasteiger partial charge in [-0.2, -0.15) is 0 Å². The zero-order valence-electron chi connectivity index (χ0n) is 15.6. The smallest absolute Gasteiger partial charge is 0.208 e. The molecule has 0 aromatic heterocycles. The monoisotopic (exact) mass is 398 g/mol. The Kier molecular flexibility index (Phi) is 8.74. The van der Waals surface area contributed by atoms with Crippen LogP contribution in [0.2, 0.25) is 0 Å². The molecule has 8 heteroatoms. The zero-order valence-corrected chi connectivity index (χ0v) is 17.3. The Balaban J connectivity index is 1.77. The van der Waals surface area contributed by atoms with E-state index in [0.29, 0.717) is 25.4 Å². The summed E-state index contributed by atoms with van der Waals surface area (Å²) in [5.41, 5.74) is 0. The van der Waals surface area contributed by atoms with Crippen molar-refractivity contribution in [3.05, 3.63) is 30.3 Å². The van der Waals surface area contributed by atoms with Gasteiger partial charge in [0.05, 0.1) is 6.26 Å². The van der Waals surface area contributed by atoms with Crippen molar-refractivity contribution in [3.63, 3.8) is 0 Å². The molecule has 1 aliphatic rings. The van der Waals surface area contributed by atoms with Crippen molar-refractivity contribution in [1.82, 2.24) is 14.9 Å². The van der Waals surface area contributed by atoms with Crippen LogP contribution in [-0.4, -0.2) is 64.0 Å². The van der Waals surface area contributed by atoms with Gasteiger partial charge >= 0.3 is 0 Å². The van der Waals surface area contributed by atoms with Gasteiger partial charge in [-0.25, -0.2) is 13.1 Å². The van der Waals surface area contributed by atoms with Crippen LogP contribution < -0.4 is 10.0 Å². The van der Waals surface area contributed by atoms with Gasteiger partial charge in [-0.3, -0.25) is 4.99 Å². The Bertz CT molecular complexity index is 665. The average Bonchev–Trinajstić information content (AvgIpc) is 3.07. The topological polar surface area (TPSA) is 73.8 Å². The molecule has 1 heterocycles. The molecule has 1 atom stereocenters. The fourth-order valence-corrected chi connectivity index (χ4v) is 4.40. The highest BCUT2D eigenvalue weighted by molar-refractivity contribution is 7.99. The summed E-state index contributed by atoms with van der Waals surface area (Å²) in [5.74, 6) is 2.73. The number of thioether (sulfide) groups is 1. The second kappa shape index (κ2) is 10.8. The second-order valence-electron chi connectivity index (χ2n) is 6.48. The fourth-order valence-electron chi connectivity index (χ4n) is 2.84. The maximum atomic E-state index is 11.1. The number of hydrogen-bond acceptors (Lipinski definition) is 4. The standard InChI is InChI=1S/C18H30N4O2S2/c1-3-19-18(20-11-7-12-21-26(2,23)24)22-13-10-16(14-22)15-25-17-8-5-4-6-9-17/h4-6,8-9,16,21H,3,7,10-15H2,1-2H3,(H,19,20). The van der Waals surface area contributed by atoms with Gasteiger partial charge in [-0.1, -0.05) is 18.2 Å². The molecule has 0 aliphatic carbocycles. The molecule has 26 heavy (non-hydrogen) atoms. The van der Waals surface area contributed by atoms with E-state index in [9.17, 15) is 8.42 Å². The lowest BCUT2D eigenvalue weighted by molar-refractivity contribution is 0.474. The quantitative estimate of drug-likeness (QED) is 0.288. The second-order valence-corrected chi connectivity index (χ2v) is 9.41. The number of nitrogens with zero attached hydrogens (tertiary/aromatic N) is 2. The van der Waals surface area contributed by atoms with Gasteiger partial charge in [-0.05, 0) is 37.8 Å². The van der Waals surface area contributed by atoms with Gasteiger partial charge < -0.3 is 10.2 Å². The van der Waals surface area contributed by atoms with Gasteiger partial charge in [0.2, 0.25) is 10.0 Å². The number of likely N-dealkylation sites (tertiary alicyclic amines) is 1. The van der Waals surface area contributed by atoms with E-state index in [1.54, 1.807) is 0 Å². The third-order valence-corrected chi connectivity index (χ3v) is 6.08. The van der Waals surface area contributed by atoms with Crippen molar-refractivity contribution in [1.29, 1.82) is 0 Å². The molecular formula is C18H30N4O2S2. The van der Waals surface area contributed by atoms with Crippen molar-refractivity contribution >= 4 is 27.7 Å². The number of aliphatic imine (C=N–C) groups is 1. The SMILES string of the molecule is CCNC(=NCCCNS(C)(=O)=O)N1CCC(CSc2ccccc2)C1. The fraction of sp³-hybridized carbons (Fsp3) is 0.611. The summed E-state index contributed by atoms with van der Waals surface area (Å²) in [6.07, 6.45) is 3.06. The molecule has 6 nitrogen and oxygen atoms in total. The summed E-state index contributed by atoms with van der Waals surface area (Å²) >= 11 is 1.92. The normalized spacial score (nSPS) is 18.3. The predicted molar refractivity (Wildman–Crippen MR) is 110 cm³/mol. The van der Waals surface area contributed by atoms with E-state index in [1.165, 1.54) is 17.6 Å². The maximum absolute atomic E-state index is 11.1. The number of guanidine groups is 1. The van der Waals surface area contributed by atoms with E-state index in [-0.39, 0.29) is 0 Å². The Morgan fingerprint density at radius 2 is 2.12 bits per heavy atom. The van der Waals surface area contributed by atoms with E-state index < -0.39 is 10.0 Å². The van der Waals surface area contributed by atoms with Crippen molar-refractivity contribution < 1.29 is 8.42 Å². The summed E-state index contributed by atoms with van der Waals surface area (Å²) in [5, 5.41) is 3.36. The van der Waals surface area contributed by atoms with E-state index in [2.05, 4.69) is 51.1 Å². The molecule has 0 bridgehead atoms. The summed E-state index contributed by atoms with van der Waals surface area (Å²) in [6.45, 7) is 5.99. The Hall–Kier alpha value is -1.25. The van der Waals surface area contributed by atoms with Crippen LogP contribution in [0.15, 0.2) is 40.2 Å². The highest BCUT2D eigenvalue weighted by Crippen LogP contribution is 2.25. The first-order valence-electron chi connectivity index (χ1n) is 9.13. The lowest BCUT2D eigenvalue weighted by Crippen LogP contribution is -2.40. The van der Waals surface area contributed by atoms with Crippen LogP contribution in [0.4, 0.5) is 0 Å². The minimum atomic E-state index is -3.11. The van der Waals surface area contributed by atoms with E-state index >= 15 is 0 Å². The van der Waals surface area contributed by atoms with Crippen molar-refractivity contribution in [2.45, 2.75) is 24.7 Å². The molecule has 1 aliphatic heterocycles. The van der Waals surface area contributed by atoms with E-state index in [1.807, 2.05) is 17.8 Å².